The minimum atomic E-state index is -0.382. The SMILES string of the molecule is CC1(C)CC(=O)C2=C(C1)Nc1ncnn1[C@@H]2c1ccc(Cl)cc1Cl. The Labute approximate surface area is 149 Å². The van der Waals surface area contributed by atoms with Gasteiger partial charge in [0.25, 0.3) is 0 Å². The Morgan fingerprint density at radius 1 is 1.29 bits per heavy atom. The van der Waals surface area contributed by atoms with Crippen LogP contribution in [-0.2, 0) is 4.79 Å². The third-order valence-corrected chi connectivity index (χ3v) is 5.09. The van der Waals surface area contributed by atoms with Crippen LogP contribution in [0.5, 0.6) is 0 Å². The van der Waals surface area contributed by atoms with Crippen molar-refractivity contribution < 1.29 is 4.79 Å². The number of carbonyl (C=O) groups is 1. The molecule has 2 heterocycles. The molecule has 4 rings (SSSR count). The quantitative estimate of drug-likeness (QED) is 0.823. The molecule has 124 valence electrons. The van der Waals surface area contributed by atoms with Gasteiger partial charge in [-0.1, -0.05) is 43.1 Å². The molecule has 0 saturated heterocycles. The molecule has 1 aromatic carbocycles. The van der Waals surface area contributed by atoms with Crippen LogP contribution in [0.1, 0.15) is 38.3 Å². The number of rotatable bonds is 1. The first-order valence-electron chi connectivity index (χ1n) is 7.73. The third kappa shape index (κ3) is 2.43. The van der Waals surface area contributed by atoms with Crippen molar-refractivity contribution in [2.75, 3.05) is 5.32 Å². The highest BCUT2D eigenvalue weighted by Gasteiger charge is 2.41. The molecule has 0 saturated carbocycles. The molecule has 0 amide bonds. The highest BCUT2D eigenvalue weighted by Crippen LogP contribution is 2.46. The second-order valence-corrected chi connectivity index (χ2v) is 7.90. The van der Waals surface area contributed by atoms with Crippen LogP contribution >= 0.6 is 23.2 Å². The van der Waals surface area contributed by atoms with E-state index in [2.05, 4.69) is 29.2 Å². The second-order valence-electron chi connectivity index (χ2n) is 7.05. The van der Waals surface area contributed by atoms with Gasteiger partial charge in [-0.15, -0.1) is 0 Å². The van der Waals surface area contributed by atoms with Gasteiger partial charge in [-0.25, -0.2) is 4.68 Å². The fourth-order valence-electron chi connectivity index (χ4n) is 3.56. The van der Waals surface area contributed by atoms with E-state index in [1.54, 1.807) is 16.8 Å². The molecule has 1 aliphatic carbocycles. The summed E-state index contributed by atoms with van der Waals surface area (Å²) in [6.45, 7) is 4.19. The number of aromatic nitrogens is 3. The summed E-state index contributed by atoms with van der Waals surface area (Å²) in [5.41, 5.74) is 2.35. The van der Waals surface area contributed by atoms with E-state index in [1.165, 1.54) is 6.33 Å². The molecular formula is C17H16Cl2N4O. The molecule has 1 aromatic heterocycles. The Kier molecular flexibility index (Phi) is 3.48. The highest BCUT2D eigenvalue weighted by molar-refractivity contribution is 6.35. The first-order valence-corrected chi connectivity index (χ1v) is 8.49. The van der Waals surface area contributed by atoms with Crippen LogP contribution in [0.2, 0.25) is 10.0 Å². The smallest absolute Gasteiger partial charge is 0.226 e. The molecule has 0 radical (unpaired) electrons. The standard InChI is InChI=1S/C17H16Cl2N4O/c1-17(2)6-12-14(13(24)7-17)15(23-16(22-12)20-8-21-23)10-4-3-9(18)5-11(10)19/h3-5,8,15H,6-7H2,1-2H3,(H,20,21,22)/t15-/m1/s1. The molecule has 0 bridgehead atoms. The van der Waals surface area contributed by atoms with E-state index in [9.17, 15) is 4.79 Å². The number of anilines is 1. The van der Waals surface area contributed by atoms with Gasteiger partial charge in [0, 0.05) is 33.3 Å². The normalized spacial score (nSPS) is 22.0. The average molecular weight is 363 g/mol. The van der Waals surface area contributed by atoms with Crippen LogP contribution in [0, 0.1) is 5.41 Å². The number of halogens is 2. The molecule has 2 aromatic rings. The molecule has 1 aliphatic heterocycles. The third-order valence-electron chi connectivity index (χ3n) is 4.53. The topological polar surface area (TPSA) is 59.8 Å². The molecular weight excluding hydrogens is 347 g/mol. The molecule has 1 N–H and O–H groups in total. The van der Waals surface area contributed by atoms with E-state index in [0.717, 1.165) is 23.3 Å². The number of Topliss-reactive ketones (excluding diaryl/α,β-unsaturated/α-hetero) is 1. The van der Waals surface area contributed by atoms with E-state index in [1.807, 2.05) is 6.07 Å². The molecule has 1 atom stereocenters. The van der Waals surface area contributed by atoms with Crippen molar-refractivity contribution >= 4 is 34.9 Å². The number of hydrogen-bond acceptors (Lipinski definition) is 4. The monoisotopic (exact) mass is 362 g/mol. The maximum atomic E-state index is 12.9. The highest BCUT2D eigenvalue weighted by atomic mass is 35.5. The molecule has 0 unspecified atom stereocenters. The summed E-state index contributed by atoms with van der Waals surface area (Å²) in [6, 6.07) is 4.93. The first-order chi connectivity index (χ1) is 11.4. The van der Waals surface area contributed by atoms with E-state index >= 15 is 0 Å². The maximum Gasteiger partial charge on any atom is 0.226 e. The van der Waals surface area contributed by atoms with Gasteiger partial charge in [-0.05, 0) is 24.0 Å². The van der Waals surface area contributed by atoms with E-state index < -0.39 is 0 Å². The Balaban J connectivity index is 1.93. The lowest BCUT2D eigenvalue weighted by atomic mass is 9.73. The summed E-state index contributed by atoms with van der Waals surface area (Å²) in [4.78, 5) is 17.2. The Bertz CT molecular complexity index is 884. The Hall–Kier alpha value is -1.85. The number of ketones is 1. The van der Waals surface area contributed by atoms with Gasteiger partial charge in [0.1, 0.15) is 12.4 Å². The maximum absolute atomic E-state index is 12.9. The van der Waals surface area contributed by atoms with Crippen molar-refractivity contribution in [2.45, 2.75) is 32.7 Å². The molecule has 24 heavy (non-hydrogen) atoms. The summed E-state index contributed by atoms with van der Waals surface area (Å²) >= 11 is 12.5. The van der Waals surface area contributed by atoms with Gasteiger partial charge in [0.15, 0.2) is 5.78 Å². The van der Waals surface area contributed by atoms with Gasteiger partial charge in [-0.2, -0.15) is 10.1 Å². The Morgan fingerprint density at radius 2 is 2.08 bits per heavy atom. The fraction of sp³-hybridized carbons (Fsp3) is 0.353. The minimum absolute atomic E-state index is 0.0839. The number of fused-ring (bicyclic) bond motifs is 1. The number of hydrogen-bond donors (Lipinski definition) is 1. The lowest BCUT2D eigenvalue weighted by Crippen LogP contribution is -2.36. The van der Waals surface area contributed by atoms with Crippen molar-refractivity contribution in [3.05, 3.63) is 51.4 Å². The zero-order valence-electron chi connectivity index (χ0n) is 13.3. The average Bonchev–Trinajstić information content (AvgIpc) is 2.92. The minimum Gasteiger partial charge on any atom is -0.328 e. The molecule has 5 nitrogen and oxygen atoms in total. The van der Waals surface area contributed by atoms with Crippen molar-refractivity contribution in [3.8, 4) is 0 Å². The summed E-state index contributed by atoms with van der Waals surface area (Å²) in [7, 11) is 0. The summed E-state index contributed by atoms with van der Waals surface area (Å²) in [6.07, 6.45) is 2.76. The predicted molar refractivity (Wildman–Crippen MR) is 93.3 cm³/mol. The van der Waals surface area contributed by atoms with Crippen LogP contribution in [0.15, 0.2) is 35.8 Å². The molecule has 7 heteroatoms. The Morgan fingerprint density at radius 3 is 2.83 bits per heavy atom. The van der Waals surface area contributed by atoms with Crippen LogP contribution in [0.4, 0.5) is 5.95 Å². The first kappa shape index (κ1) is 15.7. The lowest BCUT2D eigenvalue weighted by molar-refractivity contribution is -0.118. The number of carbonyl (C=O) groups excluding carboxylic acids is 1. The van der Waals surface area contributed by atoms with Crippen molar-refractivity contribution in [3.63, 3.8) is 0 Å². The lowest BCUT2D eigenvalue weighted by Gasteiger charge is -2.38. The van der Waals surface area contributed by atoms with Gasteiger partial charge >= 0.3 is 0 Å². The summed E-state index contributed by atoms with van der Waals surface area (Å²) < 4.78 is 1.71. The summed E-state index contributed by atoms with van der Waals surface area (Å²) in [5, 5.41) is 8.65. The van der Waals surface area contributed by atoms with E-state index in [4.69, 9.17) is 23.2 Å². The van der Waals surface area contributed by atoms with Crippen molar-refractivity contribution in [1.82, 2.24) is 14.8 Å². The summed E-state index contributed by atoms with van der Waals surface area (Å²) in [5.74, 6) is 0.737. The number of nitrogens with one attached hydrogen (secondary N) is 1. The van der Waals surface area contributed by atoms with Gasteiger partial charge < -0.3 is 5.32 Å². The second kappa shape index (κ2) is 5.33. The fourth-order valence-corrected chi connectivity index (χ4v) is 4.07. The zero-order valence-corrected chi connectivity index (χ0v) is 14.8. The van der Waals surface area contributed by atoms with E-state index in [-0.39, 0.29) is 17.2 Å². The number of allylic oxidation sites excluding steroid dienone is 2. The van der Waals surface area contributed by atoms with Crippen LogP contribution in [0.25, 0.3) is 0 Å². The molecule has 2 aliphatic rings. The molecule has 0 fully saturated rings. The van der Waals surface area contributed by atoms with Crippen LogP contribution < -0.4 is 5.32 Å². The molecule has 0 spiro atoms. The zero-order chi connectivity index (χ0) is 17.1. The van der Waals surface area contributed by atoms with Gasteiger partial charge in [0.05, 0.1) is 0 Å². The van der Waals surface area contributed by atoms with Crippen molar-refractivity contribution in [1.29, 1.82) is 0 Å². The van der Waals surface area contributed by atoms with Gasteiger partial charge in [0.2, 0.25) is 5.95 Å². The van der Waals surface area contributed by atoms with Crippen LogP contribution in [0.3, 0.4) is 0 Å². The van der Waals surface area contributed by atoms with Crippen LogP contribution in [-0.4, -0.2) is 20.5 Å². The number of nitrogens with zero attached hydrogens (tertiary/aromatic N) is 3. The largest absolute Gasteiger partial charge is 0.328 e. The predicted octanol–water partition coefficient (Wildman–Crippen LogP) is 4.24. The van der Waals surface area contributed by atoms with Gasteiger partial charge in [-0.3, -0.25) is 4.79 Å². The van der Waals surface area contributed by atoms with E-state index in [0.29, 0.717) is 22.4 Å². The van der Waals surface area contributed by atoms with Crippen molar-refractivity contribution in [2.24, 2.45) is 5.41 Å². The number of benzene rings is 1.